The second kappa shape index (κ2) is 13.1. The lowest BCUT2D eigenvalue weighted by molar-refractivity contribution is 0.0943. The van der Waals surface area contributed by atoms with Crippen LogP contribution in [0.3, 0.4) is 0 Å². The molecule has 1 aliphatic rings. The predicted octanol–water partition coefficient (Wildman–Crippen LogP) is 6.17. The predicted molar refractivity (Wildman–Crippen MR) is 168 cm³/mol. The third kappa shape index (κ3) is 6.46. The molecular weight excluding hydrogens is 564 g/mol. The number of halogens is 2. The quantitative estimate of drug-likeness (QED) is 0.189. The Morgan fingerprint density at radius 2 is 1.77 bits per heavy atom. The molecule has 3 N–H and O–H groups in total. The zero-order chi connectivity index (χ0) is 31.4. The van der Waals surface area contributed by atoms with Crippen molar-refractivity contribution in [1.82, 2.24) is 20.6 Å². The maximum atomic E-state index is 15.0. The van der Waals surface area contributed by atoms with E-state index in [0.717, 1.165) is 41.2 Å². The van der Waals surface area contributed by atoms with Crippen molar-refractivity contribution in [3.05, 3.63) is 95.1 Å². The number of anilines is 4. The van der Waals surface area contributed by atoms with Crippen LogP contribution in [-0.2, 0) is 6.54 Å². The van der Waals surface area contributed by atoms with E-state index in [4.69, 9.17) is 4.98 Å². The van der Waals surface area contributed by atoms with E-state index in [2.05, 4.69) is 25.8 Å². The van der Waals surface area contributed by atoms with Gasteiger partial charge in [0.25, 0.3) is 5.91 Å². The molecule has 3 aromatic carbocycles. The highest BCUT2D eigenvalue weighted by Gasteiger charge is 2.34. The lowest BCUT2D eigenvalue weighted by Crippen LogP contribution is -2.43. The zero-order valence-electron chi connectivity index (χ0n) is 25.1. The molecule has 0 saturated carbocycles. The molecule has 1 aliphatic heterocycles. The number of nitrogens with zero attached hydrogens (tertiary/aromatic N) is 4. The molecule has 0 bridgehead atoms. The number of rotatable bonds is 10. The van der Waals surface area contributed by atoms with Crippen molar-refractivity contribution in [1.29, 1.82) is 0 Å². The van der Waals surface area contributed by atoms with Gasteiger partial charge in [-0.1, -0.05) is 30.3 Å². The van der Waals surface area contributed by atoms with E-state index in [1.165, 1.54) is 6.07 Å². The minimum Gasteiger partial charge on any atom is -0.375 e. The highest BCUT2D eigenvalue weighted by atomic mass is 19.1. The van der Waals surface area contributed by atoms with Crippen LogP contribution in [0.4, 0.5) is 36.7 Å². The molecule has 1 aromatic heterocycles. The zero-order valence-corrected chi connectivity index (χ0v) is 25.1. The van der Waals surface area contributed by atoms with Gasteiger partial charge in [-0.3, -0.25) is 4.79 Å². The van der Waals surface area contributed by atoms with Gasteiger partial charge in [0.2, 0.25) is 5.95 Å². The average Bonchev–Trinajstić information content (AvgIpc) is 3.00. The van der Waals surface area contributed by atoms with Crippen LogP contribution in [0.1, 0.15) is 41.8 Å². The molecule has 4 aromatic rings. The second-order valence-electron chi connectivity index (χ2n) is 11.0. The monoisotopic (exact) mass is 599 g/mol. The number of urea groups is 1. The van der Waals surface area contributed by atoms with Gasteiger partial charge in [0, 0.05) is 48.6 Å². The summed E-state index contributed by atoms with van der Waals surface area (Å²) in [5, 5.41) is 8.84. The second-order valence-corrected chi connectivity index (χ2v) is 11.0. The molecule has 0 spiro atoms. The Morgan fingerprint density at radius 1 is 1.05 bits per heavy atom. The first-order valence-corrected chi connectivity index (χ1v) is 14.5. The van der Waals surface area contributed by atoms with Crippen molar-refractivity contribution in [3.8, 4) is 11.3 Å². The normalized spacial score (nSPS) is 12.5. The number of fused-ring (bicyclic) bond motifs is 1. The van der Waals surface area contributed by atoms with Crippen molar-refractivity contribution in [2.75, 3.05) is 35.3 Å². The summed E-state index contributed by atoms with van der Waals surface area (Å²) in [5.74, 6) is -1.81. The first-order valence-electron chi connectivity index (χ1n) is 14.5. The SMILES string of the molecule is Cc1ccc(C(=O)NC(C)C)cc1-c1nc(NCCCN(C)c2ccccc2)nc2c1CNC(=O)N2c1c(F)cccc1F. The van der Waals surface area contributed by atoms with Crippen molar-refractivity contribution in [2.45, 2.75) is 39.8 Å². The van der Waals surface area contributed by atoms with Gasteiger partial charge in [0.15, 0.2) is 5.82 Å². The number of amides is 3. The molecule has 2 heterocycles. The largest absolute Gasteiger partial charge is 0.375 e. The standard InChI is InChI=1S/C33H35F2N7O2/c1-20(2)38-31(43)22-15-14-21(3)24(18-22)28-25-19-37-33(44)42(29-26(34)12-8-13-27(29)35)30(25)40-32(39-28)36-16-9-17-41(4)23-10-6-5-7-11-23/h5-8,10-15,18,20H,9,16-17,19H2,1-4H3,(H,37,44)(H,38,43)(H,36,39,40). The molecule has 44 heavy (non-hydrogen) atoms. The number of hydrogen-bond donors (Lipinski definition) is 3. The summed E-state index contributed by atoms with van der Waals surface area (Å²) < 4.78 is 30.1. The van der Waals surface area contributed by atoms with E-state index in [-0.39, 0.29) is 30.3 Å². The number of hydrogen-bond acceptors (Lipinski definition) is 6. The van der Waals surface area contributed by atoms with Crippen LogP contribution in [0.5, 0.6) is 0 Å². The first-order chi connectivity index (χ1) is 21.1. The molecule has 9 nitrogen and oxygen atoms in total. The van der Waals surface area contributed by atoms with Crippen molar-refractivity contribution in [2.24, 2.45) is 0 Å². The van der Waals surface area contributed by atoms with Crippen LogP contribution in [0.2, 0.25) is 0 Å². The topological polar surface area (TPSA) is 102 Å². The lowest BCUT2D eigenvalue weighted by atomic mass is 9.97. The summed E-state index contributed by atoms with van der Waals surface area (Å²) in [6, 6.07) is 17.9. The number of para-hydroxylation sites is 2. The lowest BCUT2D eigenvalue weighted by Gasteiger charge is -2.31. The Bertz CT molecular complexity index is 1660. The maximum Gasteiger partial charge on any atom is 0.328 e. The minimum atomic E-state index is -0.907. The molecule has 0 atom stereocenters. The van der Waals surface area contributed by atoms with Gasteiger partial charge in [-0.2, -0.15) is 4.98 Å². The molecule has 5 rings (SSSR count). The molecule has 0 radical (unpaired) electrons. The number of carbonyl (C=O) groups excluding carboxylic acids is 2. The molecule has 0 unspecified atom stereocenters. The highest BCUT2D eigenvalue weighted by Crippen LogP contribution is 2.39. The van der Waals surface area contributed by atoms with Gasteiger partial charge in [-0.05, 0) is 69.2 Å². The number of carbonyl (C=O) groups is 2. The molecule has 0 saturated heterocycles. The van der Waals surface area contributed by atoms with Crippen molar-refractivity contribution < 1.29 is 18.4 Å². The fourth-order valence-electron chi connectivity index (χ4n) is 5.06. The summed E-state index contributed by atoms with van der Waals surface area (Å²) in [4.78, 5) is 38.5. The van der Waals surface area contributed by atoms with E-state index in [1.807, 2.05) is 64.2 Å². The highest BCUT2D eigenvalue weighted by molar-refractivity contribution is 6.02. The van der Waals surface area contributed by atoms with E-state index in [0.29, 0.717) is 28.9 Å². The fourth-order valence-corrected chi connectivity index (χ4v) is 5.06. The summed E-state index contributed by atoms with van der Waals surface area (Å²) in [6.45, 7) is 6.91. The molecular formula is C33H35F2N7O2. The van der Waals surface area contributed by atoms with Gasteiger partial charge < -0.3 is 20.9 Å². The number of nitrogens with one attached hydrogen (secondary N) is 3. The van der Waals surface area contributed by atoms with Crippen molar-refractivity contribution >= 4 is 35.1 Å². The van der Waals surface area contributed by atoms with Crippen molar-refractivity contribution in [3.63, 3.8) is 0 Å². The van der Waals surface area contributed by atoms with Gasteiger partial charge in [0.05, 0.1) is 12.2 Å². The summed E-state index contributed by atoms with van der Waals surface area (Å²) in [6.07, 6.45) is 0.733. The minimum absolute atomic E-state index is 0.0279. The molecule has 11 heteroatoms. The van der Waals surface area contributed by atoms with Gasteiger partial charge >= 0.3 is 6.03 Å². The third-order valence-corrected chi connectivity index (χ3v) is 7.30. The van der Waals surface area contributed by atoms with Crippen LogP contribution in [-0.4, -0.2) is 48.1 Å². The third-order valence-electron chi connectivity index (χ3n) is 7.30. The van der Waals surface area contributed by atoms with Crippen LogP contribution in [0.25, 0.3) is 11.3 Å². The summed E-state index contributed by atoms with van der Waals surface area (Å²) in [7, 11) is 2.01. The van der Waals surface area contributed by atoms with Crippen LogP contribution in [0.15, 0.2) is 66.7 Å². The Hall–Kier alpha value is -5.06. The Kier molecular flexibility index (Phi) is 9.03. The van der Waals surface area contributed by atoms with E-state index in [9.17, 15) is 9.59 Å². The molecule has 0 fully saturated rings. The van der Waals surface area contributed by atoms with Crippen LogP contribution in [0, 0.1) is 18.6 Å². The van der Waals surface area contributed by atoms with Crippen LogP contribution < -0.4 is 25.8 Å². The number of aromatic nitrogens is 2. The van der Waals surface area contributed by atoms with E-state index >= 15 is 8.78 Å². The molecule has 0 aliphatic carbocycles. The van der Waals surface area contributed by atoms with E-state index < -0.39 is 23.4 Å². The Morgan fingerprint density at radius 3 is 2.48 bits per heavy atom. The molecule has 3 amide bonds. The Balaban J connectivity index is 1.55. The smallest absolute Gasteiger partial charge is 0.328 e. The number of benzene rings is 3. The van der Waals surface area contributed by atoms with Gasteiger partial charge in [-0.25, -0.2) is 23.5 Å². The number of aryl methyl sites for hydroxylation is 1. The fraction of sp³-hybridized carbons (Fsp3) is 0.273. The molecule has 228 valence electrons. The summed E-state index contributed by atoms with van der Waals surface area (Å²) >= 11 is 0. The van der Waals surface area contributed by atoms with E-state index in [1.54, 1.807) is 12.1 Å². The van der Waals surface area contributed by atoms with Gasteiger partial charge in [-0.15, -0.1) is 0 Å². The Labute approximate surface area is 255 Å². The van der Waals surface area contributed by atoms with Gasteiger partial charge in [0.1, 0.15) is 17.3 Å². The average molecular weight is 600 g/mol. The maximum absolute atomic E-state index is 15.0. The van der Waals surface area contributed by atoms with Crippen LogP contribution >= 0.6 is 0 Å². The first kappa shape index (κ1) is 30.4. The summed E-state index contributed by atoms with van der Waals surface area (Å²) in [5.41, 5.74) is 3.35.